The lowest BCUT2D eigenvalue weighted by Crippen LogP contribution is -2.31. The first-order valence-corrected chi connectivity index (χ1v) is 11.3. The highest BCUT2D eigenvalue weighted by Gasteiger charge is 2.22. The third kappa shape index (κ3) is 4.91. The molecule has 0 spiro atoms. The highest BCUT2D eigenvalue weighted by Crippen LogP contribution is 2.29. The molecule has 0 radical (unpaired) electrons. The van der Waals surface area contributed by atoms with Crippen molar-refractivity contribution in [2.24, 2.45) is 5.92 Å². The largest absolute Gasteiger partial charge is 0.486 e. The number of rotatable bonds is 8. The fourth-order valence-corrected chi connectivity index (χ4v) is 4.37. The van der Waals surface area contributed by atoms with Gasteiger partial charge in [-0.2, -0.15) is 4.98 Å². The van der Waals surface area contributed by atoms with E-state index in [0.717, 1.165) is 44.0 Å². The maximum absolute atomic E-state index is 12.4. The number of aromatic nitrogens is 4. The molecule has 10 nitrogen and oxygen atoms in total. The third-order valence-electron chi connectivity index (χ3n) is 6.11. The Labute approximate surface area is 191 Å². The van der Waals surface area contributed by atoms with E-state index in [1.165, 1.54) is 6.20 Å². The summed E-state index contributed by atoms with van der Waals surface area (Å²) in [5.74, 6) is 2.52. The lowest BCUT2D eigenvalue weighted by atomic mass is 10.1. The minimum absolute atomic E-state index is 0.146. The third-order valence-corrected chi connectivity index (χ3v) is 6.11. The Morgan fingerprint density at radius 3 is 2.91 bits per heavy atom. The fourth-order valence-electron chi connectivity index (χ4n) is 4.37. The summed E-state index contributed by atoms with van der Waals surface area (Å²) in [6.45, 7) is 6.13. The molecule has 2 aliphatic heterocycles. The van der Waals surface area contributed by atoms with Crippen molar-refractivity contribution in [3.8, 4) is 17.4 Å². The number of fused-ring (bicyclic) bond motifs is 2. The van der Waals surface area contributed by atoms with Crippen LogP contribution in [0, 0.1) is 5.92 Å². The van der Waals surface area contributed by atoms with Crippen LogP contribution in [0.1, 0.15) is 12.1 Å². The zero-order chi connectivity index (χ0) is 22.6. The van der Waals surface area contributed by atoms with E-state index in [-0.39, 0.29) is 5.56 Å². The molecule has 10 heteroatoms. The van der Waals surface area contributed by atoms with Gasteiger partial charge in [0.2, 0.25) is 5.88 Å². The molecule has 5 heterocycles. The van der Waals surface area contributed by atoms with Gasteiger partial charge in [0.05, 0.1) is 25.2 Å². The predicted octanol–water partition coefficient (Wildman–Crippen LogP) is 1.08. The molecule has 0 amide bonds. The summed E-state index contributed by atoms with van der Waals surface area (Å²) in [5.41, 5.74) is 2.05. The first-order valence-electron chi connectivity index (χ1n) is 11.3. The summed E-state index contributed by atoms with van der Waals surface area (Å²) < 4.78 is 18.1. The van der Waals surface area contributed by atoms with Crippen molar-refractivity contribution in [3.63, 3.8) is 0 Å². The Bertz CT molecular complexity index is 1180. The zero-order valence-electron chi connectivity index (χ0n) is 18.7. The van der Waals surface area contributed by atoms with Gasteiger partial charge in [-0.05, 0) is 31.5 Å². The fraction of sp³-hybridized carbons (Fsp3) is 0.478. The van der Waals surface area contributed by atoms with E-state index in [2.05, 4.69) is 25.2 Å². The zero-order valence-corrected chi connectivity index (χ0v) is 18.7. The summed E-state index contributed by atoms with van der Waals surface area (Å²) in [6.07, 6.45) is 4.22. The molecule has 0 unspecified atom stereocenters. The molecule has 1 atom stereocenters. The number of ether oxygens (including phenoxy) is 3. The molecule has 1 saturated heterocycles. The Hall–Kier alpha value is -3.24. The van der Waals surface area contributed by atoms with Crippen LogP contribution in [0.25, 0.3) is 11.2 Å². The van der Waals surface area contributed by atoms with Crippen LogP contribution >= 0.6 is 0 Å². The molecule has 3 aromatic heterocycles. The van der Waals surface area contributed by atoms with Crippen molar-refractivity contribution in [1.29, 1.82) is 0 Å². The minimum atomic E-state index is -0.146. The van der Waals surface area contributed by atoms with Crippen LogP contribution in [0.3, 0.4) is 0 Å². The summed E-state index contributed by atoms with van der Waals surface area (Å²) in [7, 11) is 1.56. The van der Waals surface area contributed by atoms with Gasteiger partial charge in [0, 0.05) is 38.3 Å². The van der Waals surface area contributed by atoms with Gasteiger partial charge in [-0.15, -0.1) is 0 Å². The van der Waals surface area contributed by atoms with Crippen LogP contribution in [0.5, 0.6) is 17.4 Å². The van der Waals surface area contributed by atoms with Gasteiger partial charge in [0.15, 0.2) is 17.1 Å². The minimum Gasteiger partial charge on any atom is -0.486 e. The van der Waals surface area contributed by atoms with Gasteiger partial charge < -0.3 is 24.4 Å². The van der Waals surface area contributed by atoms with E-state index in [4.69, 9.17) is 14.2 Å². The first kappa shape index (κ1) is 21.6. The topological polar surface area (TPSA) is 104 Å². The molecule has 1 N–H and O–H groups in total. The lowest BCUT2D eigenvalue weighted by Gasteiger charge is -2.19. The molecule has 1 fully saturated rings. The SMILES string of the molecule is COc1ccc2ncc(=O)n(CCN3CC[C@@H](CNCc4cc5c(cn4)OCCO5)C3)c2n1. The molecule has 0 saturated carbocycles. The molecule has 0 bridgehead atoms. The maximum Gasteiger partial charge on any atom is 0.270 e. The van der Waals surface area contributed by atoms with Gasteiger partial charge >= 0.3 is 0 Å². The average molecular weight is 453 g/mol. The van der Waals surface area contributed by atoms with Gasteiger partial charge in [-0.1, -0.05) is 0 Å². The standard InChI is InChI=1S/C23H28N6O4/c1-31-21-3-2-18-23(27-21)29(22(30)14-26-18)7-6-28-5-4-16(15-28)11-24-12-17-10-19-20(13-25-17)33-9-8-32-19/h2-3,10,13-14,16,24H,4-9,11-12,15H2,1H3/t16-/m0/s1. The summed E-state index contributed by atoms with van der Waals surface area (Å²) in [5, 5.41) is 3.52. The van der Waals surface area contributed by atoms with Crippen molar-refractivity contribution in [1.82, 2.24) is 29.7 Å². The first-order chi connectivity index (χ1) is 16.2. The molecule has 0 aliphatic carbocycles. The summed E-state index contributed by atoms with van der Waals surface area (Å²) in [4.78, 5) is 27.9. The second kappa shape index (κ2) is 9.72. The number of pyridine rings is 2. The predicted molar refractivity (Wildman–Crippen MR) is 122 cm³/mol. The van der Waals surface area contributed by atoms with Crippen LogP contribution in [0.4, 0.5) is 0 Å². The van der Waals surface area contributed by atoms with Crippen molar-refractivity contribution in [2.75, 3.05) is 46.5 Å². The number of nitrogens with one attached hydrogen (secondary N) is 1. The quantitative estimate of drug-likeness (QED) is 0.538. The molecule has 3 aromatic rings. The van der Waals surface area contributed by atoms with E-state index < -0.39 is 0 Å². The molecule has 5 rings (SSSR count). The summed E-state index contributed by atoms with van der Waals surface area (Å²) >= 11 is 0. The van der Waals surface area contributed by atoms with E-state index in [0.29, 0.717) is 55.0 Å². The Balaban J connectivity index is 1.13. The van der Waals surface area contributed by atoms with Crippen LogP contribution in [0.2, 0.25) is 0 Å². The molecule has 0 aromatic carbocycles. The molecule has 2 aliphatic rings. The number of nitrogens with zero attached hydrogens (tertiary/aromatic N) is 5. The number of methoxy groups -OCH3 is 1. The normalized spacial score (nSPS) is 18.0. The van der Waals surface area contributed by atoms with Gasteiger partial charge in [0.25, 0.3) is 5.56 Å². The monoisotopic (exact) mass is 452 g/mol. The van der Waals surface area contributed by atoms with E-state index in [1.54, 1.807) is 23.9 Å². The second-order valence-electron chi connectivity index (χ2n) is 8.35. The van der Waals surface area contributed by atoms with Crippen LogP contribution < -0.4 is 25.1 Å². The van der Waals surface area contributed by atoms with E-state index >= 15 is 0 Å². The van der Waals surface area contributed by atoms with Gasteiger partial charge in [0.1, 0.15) is 18.7 Å². The number of hydrogen-bond acceptors (Lipinski definition) is 9. The molecular formula is C23H28N6O4. The smallest absolute Gasteiger partial charge is 0.270 e. The highest BCUT2D eigenvalue weighted by molar-refractivity contribution is 5.70. The average Bonchev–Trinajstić information content (AvgIpc) is 3.30. The van der Waals surface area contributed by atoms with Crippen molar-refractivity contribution < 1.29 is 14.2 Å². The number of likely N-dealkylation sites (tertiary alicyclic amines) is 1. The van der Waals surface area contributed by atoms with Crippen molar-refractivity contribution >= 4 is 11.2 Å². The number of hydrogen-bond donors (Lipinski definition) is 1. The molecule has 33 heavy (non-hydrogen) atoms. The van der Waals surface area contributed by atoms with Crippen molar-refractivity contribution in [2.45, 2.75) is 19.5 Å². The van der Waals surface area contributed by atoms with Crippen LogP contribution in [-0.2, 0) is 13.1 Å². The van der Waals surface area contributed by atoms with Gasteiger partial charge in [-0.3, -0.25) is 14.3 Å². The van der Waals surface area contributed by atoms with Gasteiger partial charge in [-0.25, -0.2) is 4.98 Å². The molecular weight excluding hydrogens is 424 g/mol. The van der Waals surface area contributed by atoms with Crippen LogP contribution in [0.15, 0.2) is 35.4 Å². The highest BCUT2D eigenvalue weighted by atomic mass is 16.6. The Morgan fingerprint density at radius 2 is 2.03 bits per heavy atom. The van der Waals surface area contributed by atoms with E-state index in [1.807, 2.05) is 12.1 Å². The van der Waals surface area contributed by atoms with E-state index in [9.17, 15) is 4.79 Å². The lowest BCUT2D eigenvalue weighted by molar-refractivity contribution is 0.170. The molecule has 174 valence electrons. The Morgan fingerprint density at radius 1 is 1.15 bits per heavy atom. The maximum atomic E-state index is 12.4. The van der Waals surface area contributed by atoms with Crippen LogP contribution in [-0.4, -0.2) is 70.9 Å². The van der Waals surface area contributed by atoms with Crippen molar-refractivity contribution in [3.05, 3.63) is 46.6 Å². The Kier molecular flexibility index (Phi) is 6.36. The second-order valence-corrected chi connectivity index (χ2v) is 8.35. The summed E-state index contributed by atoms with van der Waals surface area (Å²) in [6, 6.07) is 5.52.